The van der Waals surface area contributed by atoms with E-state index < -0.39 is 0 Å². The van der Waals surface area contributed by atoms with Crippen LogP contribution in [0.3, 0.4) is 0 Å². The molecule has 1 aromatic rings. The Morgan fingerprint density at radius 2 is 2.16 bits per heavy atom. The minimum atomic E-state index is 0.167. The number of amidine groups is 1. The van der Waals surface area contributed by atoms with Crippen LogP contribution < -0.4 is 5.73 Å². The molecular formula is C15H23N3O. The molecular weight excluding hydrogens is 238 g/mol. The van der Waals surface area contributed by atoms with Crippen molar-refractivity contribution >= 4 is 5.84 Å². The molecule has 4 heteroatoms. The van der Waals surface area contributed by atoms with Gasteiger partial charge >= 0.3 is 0 Å². The van der Waals surface area contributed by atoms with Crippen molar-refractivity contribution in [3.63, 3.8) is 0 Å². The van der Waals surface area contributed by atoms with Gasteiger partial charge in [-0.25, -0.2) is 0 Å². The van der Waals surface area contributed by atoms with Gasteiger partial charge in [0.25, 0.3) is 0 Å². The molecule has 0 aliphatic heterocycles. The molecule has 1 aromatic carbocycles. The molecule has 0 unspecified atom stereocenters. The molecule has 0 bridgehead atoms. The summed E-state index contributed by atoms with van der Waals surface area (Å²) in [4.78, 5) is 2.36. The lowest BCUT2D eigenvalue weighted by Gasteiger charge is -2.21. The largest absolute Gasteiger partial charge is 0.409 e. The van der Waals surface area contributed by atoms with Crippen molar-refractivity contribution in [2.45, 2.75) is 32.2 Å². The van der Waals surface area contributed by atoms with Gasteiger partial charge in [-0.15, -0.1) is 0 Å². The Morgan fingerprint density at radius 1 is 1.42 bits per heavy atom. The third-order valence-electron chi connectivity index (χ3n) is 3.83. The van der Waals surface area contributed by atoms with E-state index in [1.165, 1.54) is 31.2 Å². The molecule has 19 heavy (non-hydrogen) atoms. The molecule has 0 amide bonds. The Hall–Kier alpha value is -1.55. The van der Waals surface area contributed by atoms with Crippen LogP contribution in [0.2, 0.25) is 0 Å². The highest BCUT2D eigenvalue weighted by atomic mass is 16.4. The third kappa shape index (κ3) is 3.96. The highest BCUT2D eigenvalue weighted by molar-refractivity contribution is 5.97. The molecule has 0 atom stereocenters. The first-order valence-electron chi connectivity index (χ1n) is 6.94. The van der Waals surface area contributed by atoms with Crippen LogP contribution in [-0.2, 0) is 6.54 Å². The van der Waals surface area contributed by atoms with Crippen LogP contribution in [0.25, 0.3) is 0 Å². The molecule has 1 aliphatic carbocycles. The fourth-order valence-corrected chi connectivity index (χ4v) is 2.90. The first-order chi connectivity index (χ1) is 9.19. The van der Waals surface area contributed by atoms with Crippen LogP contribution in [0.4, 0.5) is 0 Å². The maximum atomic E-state index is 8.70. The molecule has 0 saturated heterocycles. The zero-order valence-corrected chi connectivity index (χ0v) is 11.5. The molecule has 4 nitrogen and oxygen atoms in total. The lowest BCUT2D eigenvalue weighted by Crippen LogP contribution is -2.24. The smallest absolute Gasteiger partial charge is 0.170 e. The number of nitrogens with two attached hydrogens (primary N) is 1. The van der Waals surface area contributed by atoms with E-state index in [1.54, 1.807) is 0 Å². The minimum Gasteiger partial charge on any atom is -0.409 e. The molecule has 1 fully saturated rings. The lowest BCUT2D eigenvalue weighted by atomic mass is 10.1. The quantitative estimate of drug-likeness (QED) is 0.370. The molecule has 2 rings (SSSR count). The van der Waals surface area contributed by atoms with E-state index in [-0.39, 0.29) is 5.84 Å². The summed E-state index contributed by atoms with van der Waals surface area (Å²) >= 11 is 0. The second-order valence-electron chi connectivity index (χ2n) is 5.53. The van der Waals surface area contributed by atoms with Gasteiger partial charge in [-0.2, -0.15) is 0 Å². The second kappa shape index (κ2) is 6.57. The number of hydrogen-bond acceptors (Lipinski definition) is 3. The monoisotopic (exact) mass is 261 g/mol. The normalized spacial score (nSPS) is 17.3. The number of hydrogen-bond donors (Lipinski definition) is 2. The van der Waals surface area contributed by atoms with E-state index in [1.807, 2.05) is 18.2 Å². The second-order valence-corrected chi connectivity index (χ2v) is 5.53. The maximum Gasteiger partial charge on any atom is 0.170 e. The maximum absolute atomic E-state index is 8.70. The zero-order valence-electron chi connectivity index (χ0n) is 11.5. The minimum absolute atomic E-state index is 0.167. The van der Waals surface area contributed by atoms with Crippen molar-refractivity contribution < 1.29 is 5.21 Å². The molecule has 104 valence electrons. The van der Waals surface area contributed by atoms with E-state index in [0.717, 1.165) is 24.6 Å². The van der Waals surface area contributed by atoms with Gasteiger partial charge in [0.2, 0.25) is 0 Å². The van der Waals surface area contributed by atoms with Crippen molar-refractivity contribution in [3.8, 4) is 0 Å². The highest BCUT2D eigenvalue weighted by Gasteiger charge is 2.16. The Morgan fingerprint density at radius 3 is 2.84 bits per heavy atom. The fraction of sp³-hybridized carbons (Fsp3) is 0.533. The summed E-state index contributed by atoms with van der Waals surface area (Å²) in [6, 6.07) is 7.88. The highest BCUT2D eigenvalue weighted by Crippen LogP contribution is 2.25. The predicted octanol–water partition coefficient (Wildman–Crippen LogP) is 2.40. The number of benzene rings is 1. The lowest BCUT2D eigenvalue weighted by molar-refractivity contribution is 0.271. The van der Waals surface area contributed by atoms with Crippen molar-refractivity contribution in [2.75, 3.05) is 13.6 Å². The van der Waals surface area contributed by atoms with Gasteiger partial charge in [0, 0.05) is 18.7 Å². The molecule has 3 N–H and O–H groups in total. The molecule has 0 spiro atoms. The average molecular weight is 261 g/mol. The Labute approximate surface area is 114 Å². The molecule has 1 aliphatic rings. The Kier molecular flexibility index (Phi) is 4.80. The molecule has 0 aromatic heterocycles. The van der Waals surface area contributed by atoms with Gasteiger partial charge in [0.1, 0.15) is 0 Å². The number of rotatable bonds is 5. The van der Waals surface area contributed by atoms with E-state index in [2.05, 4.69) is 23.2 Å². The Bertz CT molecular complexity index is 439. The van der Waals surface area contributed by atoms with Gasteiger partial charge < -0.3 is 15.8 Å². The number of oxime groups is 1. The third-order valence-corrected chi connectivity index (χ3v) is 3.83. The van der Waals surface area contributed by atoms with Crippen LogP contribution in [0.1, 0.15) is 36.8 Å². The van der Waals surface area contributed by atoms with E-state index in [9.17, 15) is 0 Å². The van der Waals surface area contributed by atoms with Crippen molar-refractivity contribution in [2.24, 2.45) is 16.8 Å². The zero-order chi connectivity index (χ0) is 13.7. The van der Waals surface area contributed by atoms with E-state index in [4.69, 9.17) is 10.9 Å². The topological polar surface area (TPSA) is 61.8 Å². The summed E-state index contributed by atoms with van der Waals surface area (Å²) in [6.07, 6.45) is 5.51. The average Bonchev–Trinajstić information content (AvgIpc) is 2.90. The fourth-order valence-electron chi connectivity index (χ4n) is 2.90. The first kappa shape index (κ1) is 13.9. The van der Waals surface area contributed by atoms with E-state index in [0.29, 0.717) is 0 Å². The van der Waals surface area contributed by atoms with Gasteiger partial charge in [-0.05, 0) is 37.4 Å². The van der Waals surface area contributed by atoms with Crippen molar-refractivity contribution in [1.82, 2.24) is 4.90 Å². The SMILES string of the molecule is CN(Cc1cccc(C(N)=NO)c1)CC1CCCC1. The molecule has 0 radical (unpaired) electrons. The Balaban J connectivity index is 1.94. The summed E-state index contributed by atoms with van der Waals surface area (Å²) in [5.74, 6) is 1.03. The van der Waals surface area contributed by atoms with Gasteiger partial charge in [0.15, 0.2) is 5.84 Å². The summed E-state index contributed by atoms with van der Waals surface area (Å²) in [7, 11) is 2.16. The molecule has 1 saturated carbocycles. The van der Waals surface area contributed by atoms with Crippen molar-refractivity contribution in [3.05, 3.63) is 35.4 Å². The summed E-state index contributed by atoms with van der Waals surface area (Å²) in [5, 5.41) is 11.7. The van der Waals surface area contributed by atoms with Gasteiger partial charge in [-0.3, -0.25) is 0 Å². The van der Waals surface area contributed by atoms with Crippen LogP contribution in [0.5, 0.6) is 0 Å². The van der Waals surface area contributed by atoms with Crippen LogP contribution in [-0.4, -0.2) is 29.5 Å². The van der Waals surface area contributed by atoms with Crippen LogP contribution in [0.15, 0.2) is 29.4 Å². The van der Waals surface area contributed by atoms with Crippen molar-refractivity contribution in [1.29, 1.82) is 0 Å². The number of nitrogens with zero attached hydrogens (tertiary/aromatic N) is 2. The van der Waals surface area contributed by atoms with E-state index >= 15 is 0 Å². The summed E-state index contributed by atoms with van der Waals surface area (Å²) in [6.45, 7) is 2.07. The predicted molar refractivity (Wildman–Crippen MR) is 77.2 cm³/mol. The van der Waals surface area contributed by atoms with Crippen LogP contribution >= 0.6 is 0 Å². The first-order valence-corrected chi connectivity index (χ1v) is 6.94. The molecule has 0 heterocycles. The summed E-state index contributed by atoms with van der Waals surface area (Å²) < 4.78 is 0. The van der Waals surface area contributed by atoms with Gasteiger partial charge in [0.05, 0.1) is 0 Å². The standard InChI is InChI=1S/C15H23N3O/c1-18(10-12-5-2-3-6-12)11-13-7-4-8-14(9-13)15(16)17-19/h4,7-9,12,19H,2-3,5-6,10-11H2,1H3,(H2,16,17). The van der Waals surface area contributed by atoms with Crippen LogP contribution in [0, 0.1) is 5.92 Å². The van der Waals surface area contributed by atoms with Gasteiger partial charge in [-0.1, -0.05) is 36.2 Å². The summed E-state index contributed by atoms with van der Waals surface area (Å²) in [5.41, 5.74) is 7.58.